The summed E-state index contributed by atoms with van der Waals surface area (Å²) in [6.45, 7) is 0. The average molecular weight is 298 g/mol. The largest absolute Gasteiger partial charge is 0 e. The molecule has 5 heavy (non-hydrogen) atoms. The van der Waals surface area contributed by atoms with Gasteiger partial charge in [0.05, 0.1) is 0 Å². The van der Waals surface area contributed by atoms with Crippen molar-refractivity contribution in [2.45, 2.75) is 0 Å². The maximum Gasteiger partial charge on any atom is 0 e. The van der Waals surface area contributed by atoms with Gasteiger partial charge in [0.15, 0.2) is 0 Å². The molecule has 0 aliphatic carbocycles. The first kappa shape index (κ1) is 45.5. The molecule has 0 amide bonds. The third-order valence-electron chi connectivity index (χ3n) is 0. The standard InChI is InChI=1S/2Ge.3V. The summed E-state index contributed by atoms with van der Waals surface area (Å²) in [7, 11) is 0. The van der Waals surface area contributed by atoms with E-state index in [9.17, 15) is 0 Å². The summed E-state index contributed by atoms with van der Waals surface area (Å²) < 4.78 is 0. The molecule has 0 N–H and O–H groups in total. The fourth-order valence-electron chi connectivity index (χ4n) is 0. The summed E-state index contributed by atoms with van der Waals surface area (Å²) in [5.74, 6) is 0. The molecule has 0 heterocycles. The van der Waals surface area contributed by atoms with Crippen molar-refractivity contribution in [2.24, 2.45) is 0 Å². The quantitative estimate of drug-likeness (QED) is 0.515. The second-order valence-corrected chi connectivity index (χ2v) is 0. The molecule has 0 fully saturated rings. The fourth-order valence-corrected chi connectivity index (χ4v) is 0. The predicted molar refractivity (Wildman–Crippen MR) is 11.5 cm³/mol. The van der Waals surface area contributed by atoms with Crippen LogP contribution in [0.15, 0.2) is 0 Å². The van der Waals surface area contributed by atoms with E-state index in [4.69, 9.17) is 0 Å². The van der Waals surface area contributed by atoms with Crippen LogP contribution in [0, 0.1) is 0 Å². The Morgan fingerprint density at radius 2 is 0.400 bits per heavy atom. The van der Waals surface area contributed by atoms with E-state index < -0.39 is 0 Å². The van der Waals surface area contributed by atoms with Crippen molar-refractivity contribution in [2.75, 3.05) is 0 Å². The number of hydrogen-bond acceptors (Lipinski definition) is 0. The summed E-state index contributed by atoms with van der Waals surface area (Å²) in [4.78, 5) is 0. The number of rotatable bonds is 0. The second-order valence-electron chi connectivity index (χ2n) is 0. The first-order valence-corrected chi connectivity index (χ1v) is 0. The van der Waals surface area contributed by atoms with Crippen LogP contribution in [0.25, 0.3) is 0 Å². The first-order chi connectivity index (χ1) is 0. The maximum atomic E-state index is 0. The molecular formula is Ge2V3. The minimum absolute atomic E-state index is 0. The van der Waals surface area contributed by atoms with E-state index >= 15 is 0 Å². The molecule has 0 spiro atoms. The Bertz CT molecular complexity index is 4.85. The molecule has 0 atom stereocenters. The van der Waals surface area contributed by atoms with Crippen LogP contribution in [-0.2, 0) is 55.7 Å². The van der Waals surface area contributed by atoms with E-state index in [1.54, 1.807) is 0 Å². The van der Waals surface area contributed by atoms with E-state index in [0.29, 0.717) is 0 Å². The van der Waals surface area contributed by atoms with Crippen molar-refractivity contribution in [1.29, 1.82) is 0 Å². The van der Waals surface area contributed by atoms with Crippen LogP contribution in [-0.4, -0.2) is 35.2 Å². The first-order valence-electron chi connectivity index (χ1n) is 0. The van der Waals surface area contributed by atoms with Gasteiger partial charge in [0, 0.05) is 90.9 Å². The molecule has 0 aromatic rings. The van der Waals surface area contributed by atoms with Crippen LogP contribution >= 0.6 is 0 Å². The molecule has 0 rings (SSSR count). The Labute approximate surface area is 89.6 Å². The van der Waals surface area contributed by atoms with Gasteiger partial charge < -0.3 is 0 Å². The average Bonchev–Trinajstić information content (AvgIpc) is 0. The Morgan fingerprint density at radius 1 is 0.400 bits per heavy atom. The summed E-state index contributed by atoms with van der Waals surface area (Å²) in [5, 5.41) is 0. The van der Waals surface area contributed by atoms with Gasteiger partial charge in [-0.1, -0.05) is 0 Å². The van der Waals surface area contributed by atoms with Crippen molar-refractivity contribution >= 4 is 35.2 Å². The molecule has 0 aliphatic heterocycles. The minimum atomic E-state index is 0. The molecule has 0 aromatic heterocycles. The van der Waals surface area contributed by atoms with E-state index in [0.717, 1.165) is 0 Å². The molecular weight excluding hydrogens is 298 g/mol. The van der Waals surface area contributed by atoms with Crippen LogP contribution in [0.1, 0.15) is 0 Å². The van der Waals surface area contributed by atoms with E-state index in [-0.39, 0.29) is 90.9 Å². The Kier molecular flexibility index (Phi) is 263. The van der Waals surface area contributed by atoms with E-state index in [1.807, 2.05) is 0 Å². The molecule has 0 aromatic carbocycles. The number of hydrogen-bond donors (Lipinski definition) is 0. The Morgan fingerprint density at radius 3 is 0.400 bits per heavy atom. The second kappa shape index (κ2) is 28.9. The summed E-state index contributed by atoms with van der Waals surface area (Å²) in [6, 6.07) is 0. The van der Waals surface area contributed by atoms with Gasteiger partial charge in [-0.2, -0.15) is 0 Å². The van der Waals surface area contributed by atoms with E-state index in [1.165, 1.54) is 0 Å². The zero-order valence-electron chi connectivity index (χ0n) is 2.34. The molecule has 0 unspecified atom stereocenters. The normalized spacial score (nSPS) is 0. The Balaban J connectivity index is 0. The molecule has 23 valence electrons. The molecule has 0 nitrogen and oxygen atoms in total. The van der Waals surface area contributed by atoms with E-state index in [2.05, 4.69) is 0 Å². The summed E-state index contributed by atoms with van der Waals surface area (Å²) in [5.41, 5.74) is 0. The predicted octanol–water partition coefficient (Wildman–Crippen LogP) is -0.769. The zero-order chi connectivity index (χ0) is 0. The van der Waals surface area contributed by atoms with Gasteiger partial charge >= 0.3 is 0 Å². The van der Waals surface area contributed by atoms with Gasteiger partial charge in [0.2, 0.25) is 0 Å². The monoisotopic (exact) mass is 301 g/mol. The Hall–Kier alpha value is 2.84. The van der Waals surface area contributed by atoms with Crippen molar-refractivity contribution in [3.63, 3.8) is 0 Å². The maximum absolute atomic E-state index is 0. The van der Waals surface area contributed by atoms with Crippen LogP contribution in [0.5, 0.6) is 0 Å². The topological polar surface area (TPSA) is 0 Å². The van der Waals surface area contributed by atoms with Gasteiger partial charge in [-0.15, -0.1) is 0 Å². The van der Waals surface area contributed by atoms with Crippen molar-refractivity contribution in [3.05, 3.63) is 0 Å². The smallest absolute Gasteiger partial charge is 0 e. The molecule has 11 radical (unpaired) electrons. The zero-order valence-corrected chi connectivity index (χ0v) is 10.7. The third kappa shape index (κ3) is 19.9. The van der Waals surface area contributed by atoms with Gasteiger partial charge in [0.25, 0.3) is 0 Å². The van der Waals surface area contributed by atoms with Crippen LogP contribution in [0.4, 0.5) is 0 Å². The summed E-state index contributed by atoms with van der Waals surface area (Å²) in [6.07, 6.45) is 0. The van der Waals surface area contributed by atoms with Gasteiger partial charge in [-0.05, 0) is 0 Å². The molecule has 0 saturated heterocycles. The van der Waals surface area contributed by atoms with Crippen molar-refractivity contribution < 1.29 is 55.7 Å². The van der Waals surface area contributed by atoms with Crippen LogP contribution in [0.2, 0.25) is 0 Å². The molecule has 0 aliphatic rings. The van der Waals surface area contributed by atoms with Crippen molar-refractivity contribution in [3.8, 4) is 0 Å². The van der Waals surface area contributed by atoms with Crippen molar-refractivity contribution in [1.82, 2.24) is 0 Å². The van der Waals surface area contributed by atoms with Crippen LogP contribution < -0.4 is 0 Å². The van der Waals surface area contributed by atoms with Gasteiger partial charge in [-0.25, -0.2) is 0 Å². The van der Waals surface area contributed by atoms with Gasteiger partial charge in [-0.3, -0.25) is 0 Å². The molecule has 5 heteroatoms. The minimum Gasteiger partial charge on any atom is 0 e. The van der Waals surface area contributed by atoms with Gasteiger partial charge in [0.1, 0.15) is 0 Å². The summed E-state index contributed by atoms with van der Waals surface area (Å²) >= 11 is 0. The third-order valence-corrected chi connectivity index (χ3v) is 0. The molecule has 0 bridgehead atoms. The molecule has 0 saturated carbocycles. The fraction of sp³-hybridized carbons (Fsp3) is 0. The SMILES string of the molecule is [Ge].[Ge].[V].[V].[V]. The van der Waals surface area contributed by atoms with Crippen LogP contribution in [0.3, 0.4) is 0 Å².